The van der Waals surface area contributed by atoms with E-state index in [1.54, 1.807) is 0 Å². The van der Waals surface area contributed by atoms with E-state index in [1.807, 2.05) is 12.1 Å². The fourth-order valence-electron chi connectivity index (χ4n) is 1.48. The second kappa shape index (κ2) is 3.56. The van der Waals surface area contributed by atoms with E-state index < -0.39 is 0 Å². The van der Waals surface area contributed by atoms with E-state index in [2.05, 4.69) is 18.2 Å². The van der Waals surface area contributed by atoms with Crippen LogP contribution in [0.5, 0.6) is 0 Å². The van der Waals surface area contributed by atoms with Crippen molar-refractivity contribution >= 4 is 0 Å². The number of benzene rings is 1. The molecule has 0 saturated heterocycles. The third kappa shape index (κ3) is 2.05. The predicted molar refractivity (Wildman–Crippen MR) is 51.9 cm³/mol. The molecule has 13 heavy (non-hydrogen) atoms. The Balaban J connectivity index is 2.09. The van der Waals surface area contributed by atoms with E-state index in [-0.39, 0.29) is 5.82 Å². The van der Waals surface area contributed by atoms with Gasteiger partial charge in [0.15, 0.2) is 0 Å². The maximum atomic E-state index is 12.6. The Labute approximate surface area is 77.4 Å². The number of allylic oxidation sites excluding steroid dienone is 4. The standard InChI is InChI=1S/C12H11F/c13-12-7-5-11(6-8-12)9-10-3-1-2-4-10/h1,3-8H,2,9H2. The first-order chi connectivity index (χ1) is 6.34. The molecule has 0 radical (unpaired) electrons. The van der Waals surface area contributed by atoms with Crippen LogP contribution in [0.3, 0.4) is 0 Å². The lowest BCUT2D eigenvalue weighted by molar-refractivity contribution is 0.627. The van der Waals surface area contributed by atoms with Crippen molar-refractivity contribution in [3.8, 4) is 0 Å². The summed E-state index contributed by atoms with van der Waals surface area (Å²) in [6, 6.07) is 6.69. The molecule has 0 aromatic heterocycles. The van der Waals surface area contributed by atoms with Gasteiger partial charge in [-0.1, -0.05) is 30.4 Å². The number of rotatable bonds is 2. The second-order valence-corrected chi connectivity index (χ2v) is 3.22. The first kappa shape index (κ1) is 8.24. The quantitative estimate of drug-likeness (QED) is 0.645. The van der Waals surface area contributed by atoms with Crippen LogP contribution in [0.4, 0.5) is 4.39 Å². The lowest BCUT2D eigenvalue weighted by Crippen LogP contribution is -1.86. The van der Waals surface area contributed by atoms with Crippen LogP contribution in [-0.2, 0) is 6.42 Å². The van der Waals surface area contributed by atoms with E-state index in [0.717, 1.165) is 12.8 Å². The molecule has 1 heteroatoms. The summed E-state index contributed by atoms with van der Waals surface area (Å²) in [5.74, 6) is -0.167. The Morgan fingerprint density at radius 2 is 1.92 bits per heavy atom. The van der Waals surface area contributed by atoms with Gasteiger partial charge in [-0.05, 0) is 36.1 Å². The first-order valence-corrected chi connectivity index (χ1v) is 4.44. The van der Waals surface area contributed by atoms with Crippen LogP contribution in [-0.4, -0.2) is 0 Å². The van der Waals surface area contributed by atoms with Gasteiger partial charge < -0.3 is 0 Å². The average Bonchev–Trinajstić information content (AvgIpc) is 2.62. The van der Waals surface area contributed by atoms with Crippen LogP contribution in [0.2, 0.25) is 0 Å². The van der Waals surface area contributed by atoms with Crippen LogP contribution in [0.1, 0.15) is 12.0 Å². The Hall–Kier alpha value is -1.37. The Morgan fingerprint density at radius 1 is 1.15 bits per heavy atom. The zero-order valence-corrected chi connectivity index (χ0v) is 7.33. The molecular formula is C12H11F. The molecule has 0 heterocycles. The summed E-state index contributed by atoms with van der Waals surface area (Å²) in [6.07, 6.45) is 8.42. The minimum absolute atomic E-state index is 0.167. The molecule has 0 spiro atoms. The van der Waals surface area contributed by atoms with Crippen molar-refractivity contribution in [2.45, 2.75) is 12.8 Å². The third-order valence-corrected chi connectivity index (χ3v) is 2.17. The maximum Gasteiger partial charge on any atom is 0.123 e. The van der Waals surface area contributed by atoms with E-state index >= 15 is 0 Å². The molecule has 0 nitrogen and oxygen atoms in total. The highest BCUT2D eigenvalue weighted by Gasteiger charge is 1.99. The Kier molecular flexibility index (Phi) is 2.26. The maximum absolute atomic E-state index is 12.6. The van der Waals surface area contributed by atoms with Gasteiger partial charge in [0.1, 0.15) is 5.82 Å². The van der Waals surface area contributed by atoms with Gasteiger partial charge >= 0.3 is 0 Å². The van der Waals surface area contributed by atoms with E-state index in [9.17, 15) is 4.39 Å². The highest BCUT2D eigenvalue weighted by Crippen LogP contribution is 2.15. The lowest BCUT2D eigenvalue weighted by Gasteiger charge is -1.99. The summed E-state index contributed by atoms with van der Waals surface area (Å²) in [4.78, 5) is 0. The average molecular weight is 174 g/mol. The van der Waals surface area contributed by atoms with E-state index in [1.165, 1.54) is 23.3 Å². The van der Waals surface area contributed by atoms with Gasteiger partial charge in [0.2, 0.25) is 0 Å². The monoisotopic (exact) mass is 174 g/mol. The molecule has 0 bridgehead atoms. The highest BCUT2D eigenvalue weighted by atomic mass is 19.1. The van der Waals surface area contributed by atoms with Crippen LogP contribution in [0.15, 0.2) is 48.1 Å². The summed E-state index contributed by atoms with van der Waals surface area (Å²) in [5.41, 5.74) is 2.49. The SMILES string of the molecule is Fc1ccc(CC2=CCC=C2)cc1. The van der Waals surface area contributed by atoms with Crippen molar-refractivity contribution in [1.82, 2.24) is 0 Å². The fourth-order valence-corrected chi connectivity index (χ4v) is 1.48. The molecular weight excluding hydrogens is 163 g/mol. The molecule has 0 fully saturated rings. The topological polar surface area (TPSA) is 0 Å². The summed E-state index contributed by atoms with van der Waals surface area (Å²) in [7, 11) is 0. The van der Waals surface area contributed by atoms with Gasteiger partial charge in [0.05, 0.1) is 0 Å². The van der Waals surface area contributed by atoms with E-state index in [0.29, 0.717) is 0 Å². The van der Waals surface area contributed by atoms with Gasteiger partial charge in [0, 0.05) is 0 Å². The molecule has 1 aliphatic carbocycles. The van der Waals surface area contributed by atoms with Gasteiger partial charge in [-0.15, -0.1) is 0 Å². The zero-order valence-electron chi connectivity index (χ0n) is 7.33. The smallest absolute Gasteiger partial charge is 0.123 e. The molecule has 0 saturated carbocycles. The molecule has 1 aromatic carbocycles. The Bertz CT molecular complexity index is 344. The number of hydrogen-bond donors (Lipinski definition) is 0. The van der Waals surface area contributed by atoms with Gasteiger partial charge in [-0.3, -0.25) is 0 Å². The molecule has 66 valence electrons. The van der Waals surface area contributed by atoms with Crippen molar-refractivity contribution in [2.75, 3.05) is 0 Å². The van der Waals surface area contributed by atoms with Crippen molar-refractivity contribution in [3.05, 3.63) is 59.4 Å². The summed E-state index contributed by atoms with van der Waals surface area (Å²) in [5, 5.41) is 0. The predicted octanol–water partition coefficient (Wildman–Crippen LogP) is 3.25. The molecule has 1 aliphatic rings. The van der Waals surface area contributed by atoms with Crippen molar-refractivity contribution in [1.29, 1.82) is 0 Å². The third-order valence-electron chi connectivity index (χ3n) is 2.17. The van der Waals surface area contributed by atoms with Crippen molar-refractivity contribution in [3.63, 3.8) is 0 Å². The van der Waals surface area contributed by atoms with Crippen molar-refractivity contribution in [2.24, 2.45) is 0 Å². The minimum atomic E-state index is -0.167. The number of hydrogen-bond acceptors (Lipinski definition) is 0. The van der Waals surface area contributed by atoms with Crippen LogP contribution >= 0.6 is 0 Å². The molecule has 0 unspecified atom stereocenters. The van der Waals surface area contributed by atoms with E-state index in [4.69, 9.17) is 0 Å². The van der Waals surface area contributed by atoms with Crippen molar-refractivity contribution < 1.29 is 4.39 Å². The van der Waals surface area contributed by atoms with Crippen LogP contribution in [0, 0.1) is 5.82 Å². The summed E-state index contributed by atoms with van der Waals surface area (Å²) in [6.45, 7) is 0. The Morgan fingerprint density at radius 3 is 2.54 bits per heavy atom. The van der Waals surface area contributed by atoms with Crippen LogP contribution < -0.4 is 0 Å². The second-order valence-electron chi connectivity index (χ2n) is 3.22. The largest absolute Gasteiger partial charge is 0.207 e. The highest BCUT2D eigenvalue weighted by molar-refractivity contribution is 5.32. The minimum Gasteiger partial charge on any atom is -0.207 e. The molecule has 2 rings (SSSR count). The summed E-state index contributed by atoms with van der Waals surface area (Å²) < 4.78 is 12.6. The summed E-state index contributed by atoms with van der Waals surface area (Å²) >= 11 is 0. The number of halogens is 1. The molecule has 0 atom stereocenters. The first-order valence-electron chi connectivity index (χ1n) is 4.44. The van der Waals surface area contributed by atoms with Gasteiger partial charge in [-0.2, -0.15) is 0 Å². The lowest BCUT2D eigenvalue weighted by atomic mass is 10.1. The fraction of sp³-hybridized carbons (Fsp3) is 0.167. The van der Waals surface area contributed by atoms with Crippen LogP contribution in [0.25, 0.3) is 0 Å². The zero-order chi connectivity index (χ0) is 9.10. The molecule has 1 aromatic rings. The molecule has 0 aliphatic heterocycles. The molecule has 0 amide bonds. The normalized spacial score (nSPS) is 14.7. The van der Waals surface area contributed by atoms with Gasteiger partial charge in [-0.25, -0.2) is 4.39 Å². The molecule has 0 N–H and O–H groups in total. The van der Waals surface area contributed by atoms with Gasteiger partial charge in [0.25, 0.3) is 0 Å².